The topological polar surface area (TPSA) is 80.8 Å². The maximum atomic E-state index is 9.34. The second kappa shape index (κ2) is 5.58. The van der Waals surface area contributed by atoms with Crippen LogP contribution in [0.25, 0.3) is 5.73 Å². The number of aromatic nitrogens is 1. The van der Waals surface area contributed by atoms with Crippen LogP contribution in [0.3, 0.4) is 0 Å². The van der Waals surface area contributed by atoms with E-state index in [2.05, 4.69) is 4.98 Å². The van der Waals surface area contributed by atoms with Crippen molar-refractivity contribution in [1.29, 1.82) is 5.41 Å². The van der Waals surface area contributed by atoms with Crippen molar-refractivity contribution >= 4 is 11.4 Å². The molecule has 3 N–H and O–H groups in total. The molecule has 1 heterocycles. The number of aromatic hydroxyl groups is 1. The fourth-order valence-corrected chi connectivity index (χ4v) is 1.41. The molecular formula is C12H10N3OPd-. The molecular weight excluding hydrogens is 309 g/mol. The van der Waals surface area contributed by atoms with E-state index in [9.17, 15) is 5.11 Å². The first-order valence-corrected chi connectivity index (χ1v) is 4.72. The van der Waals surface area contributed by atoms with Gasteiger partial charge in [-0.25, -0.2) is 0 Å². The second-order valence-electron chi connectivity index (χ2n) is 3.34. The van der Waals surface area contributed by atoms with Gasteiger partial charge in [0.2, 0.25) is 0 Å². The van der Waals surface area contributed by atoms with Crippen LogP contribution in [0.4, 0.5) is 5.69 Å². The van der Waals surface area contributed by atoms with E-state index in [-0.39, 0.29) is 37.6 Å². The van der Waals surface area contributed by atoms with Crippen molar-refractivity contribution in [2.24, 2.45) is 0 Å². The molecule has 4 nitrogen and oxygen atoms in total. The number of nitrogens with one attached hydrogen (secondary N) is 2. The van der Waals surface area contributed by atoms with Crippen molar-refractivity contribution in [2.75, 3.05) is 0 Å². The molecule has 0 unspecified atom stereocenters. The van der Waals surface area contributed by atoms with Crippen LogP contribution in [0.15, 0.2) is 42.7 Å². The van der Waals surface area contributed by atoms with E-state index in [1.54, 1.807) is 24.5 Å². The van der Waals surface area contributed by atoms with Crippen LogP contribution in [0.2, 0.25) is 0 Å². The van der Waals surface area contributed by atoms with Crippen LogP contribution in [0.5, 0.6) is 5.75 Å². The van der Waals surface area contributed by atoms with Gasteiger partial charge in [0.1, 0.15) is 5.75 Å². The summed E-state index contributed by atoms with van der Waals surface area (Å²) in [6.07, 6.45) is 3.19. The fourth-order valence-electron chi connectivity index (χ4n) is 1.41. The van der Waals surface area contributed by atoms with Crippen LogP contribution >= 0.6 is 0 Å². The van der Waals surface area contributed by atoms with Gasteiger partial charge in [-0.05, 0) is 29.8 Å². The molecule has 0 amide bonds. The molecule has 0 aliphatic carbocycles. The summed E-state index contributed by atoms with van der Waals surface area (Å²) in [6.45, 7) is 0. The van der Waals surface area contributed by atoms with Gasteiger partial charge in [0.05, 0.1) is 5.71 Å². The minimum Gasteiger partial charge on any atom is -0.698 e. The smallest absolute Gasteiger partial charge is 0.116 e. The predicted octanol–water partition coefficient (Wildman–Crippen LogP) is 2.88. The molecule has 0 saturated carbocycles. The molecule has 5 heteroatoms. The SMILES string of the molecule is N=C(c1ccncc1)c1cc(O)ccc1[NH-].[Pd]. The third-order valence-corrected chi connectivity index (χ3v) is 2.24. The molecule has 0 fully saturated rings. The molecule has 17 heavy (non-hydrogen) atoms. The Labute approximate surface area is 113 Å². The van der Waals surface area contributed by atoms with Crippen molar-refractivity contribution in [3.63, 3.8) is 0 Å². The van der Waals surface area contributed by atoms with Crippen LogP contribution < -0.4 is 0 Å². The number of phenolic OH excluding ortho intramolecular Hbond substituents is 1. The molecule has 0 bridgehead atoms. The zero-order chi connectivity index (χ0) is 11.5. The average Bonchev–Trinajstić information content (AvgIpc) is 2.32. The van der Waals surface area contributed by atoms with Gasteiger partial charge in [-0.1, -0.05) is 6.07 Å². The van der Waals surface area contributed by atoms with Crippen LogP contribution in [0, 0.1) is 5.41 Å². The molecule has 0 saturated heterocycles. The van der Waals surface area contributed by atoms with Gasteiger partial charge >= 0.3 is 0 Å². The summed E-state index contributed by atoms with van der Waals surface area (Å²) >= 11 is 0. The van der Waals surface area contributed by atoms with E-state index in [4.69, 9.17) is 11.1 Å². The Morgan fingerprint density at radius 3 is 2.47 bits per heavy atom. The van der Waals surface area contributed by atoms with Gasteiger partial charge in [0.15, 0.2) is 0 Å². The summed E-state index contributed by atoms with van der Waals surface area (Å²) in [5.74, 6) is 0.0600. The molecule has 0 aliphatic rings. The Kier molecular flexibility index (Phi) is 4.39. The Bertz CT molecular complexity index is 529. The van der Waals surface area contributed by atoms with Gasteiger partial charge in [-0.3, -0.25) is 10.4 Å². The first kappa shape index (κ1) is 13.4. The molecule has 2 aromatic rings. The zero-order valence-corrected chi connectivity index (χ0v) is 10.3. The van der Waals surface area contributed by atoms with Crippen molar-refractivity contribution in [3.05, 3.63) is 59.6 Å². The van der Waals surface area contributed by atoms with E-state index in [1.165, 1.54) is 18.2 Å². The summed E-state index contributed by atoms with van der Waals surface area (Å²) in [5.41, 5.74) is 9.20. The summed E-state index contributed by atoms with van der Waals surface area (Å²) in [6, 6.07) is 7.73. The van der Waals surface area contributed by atoms with E-state index in [1.807, 2.05) is 0 Å². The second-order valence-corrected chi connectivity index (χ2v) is 3.34. The van der Waals surface area contributed by atoms with E-state index in [0.717, 1.165) is 0 Å². The van der Waals surface area contributed by atoms with Gasteiger partial charge < -0.3 is 10.8 Å². The third-order valence-electron chi connectivity index (χ3n) is 2.24. The number of hydrogen-bond acceptors (Lipinski definition) is 3. The van der Waals surface area contributed by atoms with Crippen molar-refractivity contribution in [1.82, 2.24) is 4.98 Å². The molecule has 1 aromatic heterocycles. The van der Waals surface area contributed by atoms with Gasteiger partial charge in [0.25, 0.3) is 0 Å². The maximum absolute atomic E-state index is 9.34. The number of pyridine rings is 1. The summed E-state index contributed by atoms with van der Waals surface area (Å²) < 4.78 is 0. The molecule has 0 atom stereocenters. The normalized spacial score (nSPS) is 9.41. The third kappa shape index (κ3) is 2.90. The van der Waals surface area contributed by atoms with Crippen LogP contribution in [-0.4, -0.2) is 15.8 Å². The quantitative estimate of drug-likeness (QED) is 0.507. The molecule has 0 spiro atoms. The Morgan fingerprint density at radius 2 is 1.82 bits per heavy atom. The molecule has 2 rings (SSSR count). The molecule has 90 valence electrons. The molecule has 1 aromatic carbocycles. The number of phenols is 1. The van der Waals surface area contributed by atoms with Crippen molar-refractivity contribution in [3.8, 4) is 5.75 Å². The monoisotopic (exact) mass is 318 g/mol. The average molecular weight is 319 g/mol. The Hall–Kier alpha value is -1.70. The number of hydrogen-bond donors (Lipinski definition) is 2. The molecule has 0 aliphatic heterocycles. The molecule has 0 radical (unpaired) electrons. The van der Waals surface area contributed by atoms with E-state index >= 15 is 0 Å². The predicted molar refractivity (Wildman–Crippen MR) is 62.3 cm³/mol. The largest absolute Gasteiger partial charge is 0.698 e. The van der Waals surface area contributed by atoms with E-state index < -0.39 is 0 Å². The Balaban J connectivity index is 0.00000144. The number of rotatable bonds is 2. The van der Waals surface area contributed by atoms with Gasteiger partial charge in [-0.15, -0.1) is 5.69 Å². The van der Waals surface area contributed by atoms with Crippen molar-refractivity contribution < 1.29 is 25.5 Å². The number of benzene rings is 1. The number of nitrogens with zero attached hydrogens (tertiary/aromatic N) is 1. The fraction of sp³-hybridized carbons (Fsp3) is 0. The van der Waals surface area contributed by atoms with Crippen LogP contribution in [0.1, 0.15) is 11.1 Å². The van der Waals surface area contributed by atoms with Crippen LogP contribution in [-0.2, 0) is 20.4 Å². The minimum absolute atomic E-state index is 0. The minimum atomic E-state index is 0. The first-order chi connectivity index (χ1) is 7.68. The summed E-state index contributed by atoms with van der Waals surface area (Å²) in [5, 5.41) is 17.3. The zero-order valence-electron chi connectivity index (χ0n) is 8.75. The standard InChI is InChI=1S/C12H10N3O.Pd/c13-11-2-1-9(16)7-10(11)12(14)8-3-5-15-6-4-8;/h1-7H,(H3-,13,14,15,16);/q-1;. The first-order valence-electron chi connectivity index (χ1n) is 4.72. The van der Waals surface area contributed by atoms with Gasteiger partial charge in [0, 0.05) is 38.4 Å². The van der Waals surface area contributed by atoms with Crippen molar-refractivity contribution in [2.45, 2.75) is 0 Å². The Morgan fingerprint density at radius 1 is 1.18 bits per heavy atom. The summed E-state index contributed by atoms with van der Waals surface area (Å²) in [7, 11) is 0. The van der Waals surface area contributed by atoms with E-state index in [0.29, 0.717) is 11.1 Å². The van der Waals surface area contributed by atoms with Gasteiger partial charge in [-0.2, -0.15) is 0 Å². The summed E-state index contributed by atoms with van der Waals surface area (Å²) in [4.78, 5) is 3.87. The maximum Gasteiger partial charge on any atom is 0.116 e.